The molecule has 0 N–H and O–H groups in total. The van der Waals surface area contributed by atoms with Crippen LogP contribution in [0.25, 0.3) is 11.3 Å². The second-order valence-corrected chi connectivity index (χ2v) is 8.97. The van der Waals surface area contributed by atoms with Gasteiger partial charge in [-0.1, -0.05) is 54.3 Å². The highest BCUT2D eigenvalue weighted by Gasteiger charge is 2.04. The van der Waals surface area contributed by atoms with E-state index in [9.17, 15) is 0 Å². The Morgan fingerprint density at radius 1 is 0.969 bits per heavy atom. The lowest BCUT2D eigenvalue weighted by atomic mass is 9.98. The van der Waals surface area contributed by atoms with E-state index in [-0.39, 0.29) is 5.41 Å². The molecule has 0 amide bonds. The van der Waals surface area contributed by atoms with Crippen LogP contribution in [0.2, 0.25) is 0 Å². The van der Waals surface area contributed by atoms with Crippen molar-refractivity contribution in [1.82, 2.24) is 9.88 Å². The normalized spacial score (nSPS) is 11.4. The average Bonchev–Trinajstić information content (AvgIpc) is 2.78. The highest BCUT2D eigenvalue weighted by atomic mass is 16.5. The number of likely N-dealkylation sites (N-methyl/N-ethyl adjacent to an activating group) is 1. The maximum atomic E-state index is 6.08. The molecule has 1 heterocycles. The van der Waals surface area contributed by atoms with Crippen molar-refractivity contribution in [2.45, 2.75) is 33.9 Å². The van der Waals surface area contributed by atoms with Crippen LogP contribution in [0.5, 0.6) is 5.75 Å². The number of nitrogens with zero attached hydrogens (tertiary/aromatic N) is 2. The first-order valence-corrected chi connectivity index (χ1v) is 11.0. The molecule has 0 aliphatic heterocycles. The van der Waals surface area contributed by atoms with Gasteiger partial charge in [-0.15, -0.1) is 0 Å². The third-order valence-corrected chi connectivity index (χ3v) is 4.71. The van der Waals surface area contributed by atoms with E-state index in [2.05, 4.69) is 86.0 Å². The number of aromatic nitrogens is 1. The molecular weight excluding hydrogens is 392 g/mol. The van der Waals surface area contributed by atoms with E-state index in [4.69, 9.17) is 4.74 Å². The Balaban J connectivity index is 1.54. The fourth-order valence-electron chi connectivity index (χ4n) is 3.18. The molecule has 2 aromatic carbocycles. The molecule has 0 bridgehead atoms. The number of allylic oxidation sites excluding steroid dienone is 1. The molecule has 3 heteroatoms. The van der Waals surface area contributed by atoms with Crippen molar-refractivity contribution in [3.8, 4) is 28.8 Å². The van der Waals surface area contributed by atoms with Crippen molar-refractivity contribution < 1.29 is 4.74 Å². The maximum Gasteiger partial charge on any atom is 0.120 e. The second kappa shape index (κ2) is 11.3. The lowest BCUT2D eigenvalue weighted by Crippen LogP contribution is -2.17. The summed E-state index contributed by atoms with van der Waals surface area (Å²) in [6.07, 6.45) is 5.87. The first kappa shape index (κ1) is 23.3. The van der Waals surface area contributed by atoms with Crippen molar-refractivity contribution >= 4 is 0 Å². The van der Waals surface area contributed by atoms with Crippen LogP contribution in [0.3, 0.4) is 0 Å². The van der Waals surface area contributed by atoms with Crippen LogP contribution < -0.4 is 4.74 Å². The molecule has 3 nitrogen and oxygen atoms in total. The van der Waals surface area contributed by atoms with Gasteiger partial charge in [-0.2, -0.15) is 0 Å². The lowest BCUT2D eigenvalue weighted by molar-refractivity contribution is 0.304. The fraction of sp³-hybridized carbons (Fsp3) is 0.276. The van der Waals surface area contributed by atoms with Gasteiger partial charge in [0.15, 0.2) is 0 Å². The summed E-state index contributed by atoms with van der Waals surface area (Å²) < 4.78 is 6.08. The summed E-state index contributed by atoms with van der Waals surface area (Å²) in [5, 5.41) is 0. The third-order valence-electron chi connectivity index (χ3n) is 4.71. The highest BCUT2D eigenvalue weighted by molar-refractivity contribution is 5.59. The Hall–Kier alpha value is -3.35. The zero-order chi connectivity index (χ0) is 22.8. The largest absolute Gasteiger partial charge is 0.489 e. The number of hydrogen-bond donors (Lipinski definition) is 0. The van der Waals surface area contributed by atoms with Gasteiger partial charge in [0.1, 0.15) is 12.4 Å². The summed E-state index contributed by atoms with van der Waals surface area (Å²) >= 11 is 0. The quantitative estimate of drug-likeness (QED) is 0.393. The lowest BCUT2D eigenvalue weighted by Gasteiger charge is -2.15. The minimum atomic E-state index is 0.0381. The minimum Gasteiger partial charge on any atom is -0.489 e. The molecule has 0 atom stereocenters. The van der Waals surface area contributed by atoms with Gasteiger partial charge in [-0.05, 0) is 75.4 Å². The van der Waals surface area contributed by atoms with Gasteiger partial charge < -0.3 is 4.74 Å². The molecule has 0 unspecified atom stereocenters. The predicted octanol–water partition coefficient (Wildman–Crippen LogP) is 6.37. The summed E-state index contributed by atoms with van der Waals surface area (Å²) in [7, 11) is 2.11. The molecule has 0 spiro atoms. The Morgan fingerprint density at radius 2 is 1.78 bits per heavy atom. The highest BCUT2D eigenvalue weighted by Crippen LogP contribution is 2.20. The predicted molar refractivity (Wildman–Crippen MR) is 133 cm³/mol. The zero-order valence-electron chi connectivity index (χ0n) is 19.5. The van der Waals surface area contributed by atoms with Crippen LogP contribution in [-0.4, -0.2) is 23.5 Å². The third kappa shape index (κ3) is 8.06. The Morgan fingerprint density at radius 3 is 2.56 bits per heavy atom. The van der Waals surface area contributed by atoms with Crippen molar-refractivity contribution in [3.05, 3.63) is 96.2 Å². The summed E-state index contributed by atoms with van der Waals surface area (Å²) in [4.78, 5) is 6.69. The molecule has 0 saturated carbocycles. The number of pyridine rings is 1. The van der Waals surface area contributed by atoms with E-state index in [1.165, 1.54) is 5.56 Å². The van der Waals surface area contributed by atoms with E-state index in [0.717, 1.165) is 35.7 Å². The number of ether oxygens (including phenoxy) is 1. The Bertz CT molecular complexity index is 1090. The van der Waals surface area contributed by atoms with Gasteiger partial charge >= 0.3 is 0 Å². The molecule has 3 rings (SSSR count). The van der Waals surface area contributed by atoms with Gasteiger partial charge in [-0.25, -0.2) is 0 Å². The smallest absolute Gasteiger partial charge is 0.120 e. The molecule has 3 aromatic rings. The molecular formula is C29H32N2O. The average molecular weight is 425 g/mol. The molecule has 32 heavy (non-hydrogen) atoms. The van der Waals surface area contributed by atoms with Crippen LogP contribution in [0.15, 0.2) is 85.1 Å². The summed E-state index contributed by atoms with van der Waals surface area (Å²) in [5.74, 6) is 7.22. The summed E-state index contributed by atoms with van der Waals surface area (Å²) in [6, 6.07) is 22.6. The number of benzene rings is 2. The first-order valence-electron chi connectivity index (χ1n) is 11.0. The molecule has 0 aliphatic rings. The van der Waals surface area contributed by atoms with Crippen molar-refractivity contribution in [3.63, 3.8) is 0 Å². The molecule has 0 fully saturated rings. The standard InChI is InChI=1S/C29H32N2O/c1-29(2,3)17-7-5-9-19-31(4)22-24-12-11-15-27(21-24)32-23-25-13-10-14-26(20-25)28-16-6-8-18-30-28/h5-6,8-16,18,20-21H,19,22-23H2,1-4H3. The minimum absolute atomic E-state index is 0.0381. The van der Waals surface area contributed by atoms with Crippen LogP contribution >= 0.6 is 0 Å². The number of rotatable bonds is 8. The fourth-order valence-corrected chi connectivity index (χ4v) is 3.18. The van der Waals surface area contributed by atoms with Gasteiger partial charge in [-0.3, -0.25) is 9.88 Å². The second-order valence-electron chi connectivity index (χ2n) is 8.97. The van der Waals surface area contributed by atoms with Gasteiger partial charge in [0.25, 0.3) is 0 Å². The molecule has 0 saturated heterocycles. The van der Waals surface area contributed by atoms with E-state index < -0.39 is 0 Å². The summed E-state index contributed by atoms with van der Waals surface area (Å²) in [5.41, 5.74) is 4.45. The maximum absolute atomic E-state index is 6.08. The Kier molecular flexibility index (Phi) is 8.25. The zero-order valence-corrected chi connectivity index (χ0v) is 19.5. The van der Waals surface area contributed by atoms with E-state index >= 15 is 0 Å². The van der Waals surface area contributed by atoms with Gasteiger partial charge in [0.05, 0.1) is 5.69 Å². The van der Waals surface area contributed by atoms with E-state index in [1.54, 1.807) is 0 Å². The van der Waals surface area contributed by atoms with E-state index in [0.29, 0.717) is 6.61 Å². The molecule has 0 radical (unpaired) electrons. The van der Waals surface area contributed by atoms with Crippen molar-refractivity contribution in [2.75, 3.05) is 13.6 Å². The molecule has 0 aliphatic carbocycles. The molecule has 1 aromatic heterocycles. The van der Waals surface area contributed by atoms with Crippen LogP contribution in [0.1, 0.15) is 31.9 Å². The summed E-state index contributed by atoms with van der Waals surface area (Å²) in [6.45, 7) is 8.58. The number of hydrogen-bond acceptors (Lipinski definition) is 3. The van der Waals surface area contributed by atoms with Crippen LogP contribution in [0, 0.1) is 17.3 Å². The van der Waals surface area contributed by atoms with Gasteiger partial charge in [0, 0.05) is 30.3 Å². The van der Waals surface area contributed by atoms with E-state index in [1.807, 2.05) is 48.7 Å². The topological polar surface area (TPSA) is 25.4 Å². The molecule has 164 valence electrons. The van der Waals surface area contributed by atoms with Crippen molar-refractivity contribution in [1.29, 1.82) is 0 Å². The van der Waals surface area contributed by atoms with Crippen LogP contribution in [-0.2, 0) is 13.2 Å². The first-order chi connectivity index (χ1) is 15.4. The van der Waals surface area contributed by atoms with Crippen molar-refractivity contribution in [2.24, 2.45) is 5.41 Å². The monoisotopic (exact) mass is 424 g/mol. The van der Waals surface area contributed by atoms with Gasteiger partial charge in [0.2, 0.25) is 0 Å². The SMILES string of the molecule is CN(CC=CC#CC(C)(C)C)Cc1cccc(OCc2cccc(-c3ccccn3)c2)c1. The Labute approximate surface area is 192 Å². The van der Waals surface area contributed by atoms with Crippen LogP contribution in [0.4, 0.5) is 0 Å².